The lowest BCUT2D eigenvalue weighted by Gasteiger charge is -2.32. The molecule has 2 aromatic carbocycles. The molecule has 0 atom stereocenters. The SMILES string of the molecule is CN(C)Cc1c(C2=CCOCC2)ccc2c(CCC3CCN(Cc4ccccc4)CC3)noc12.Cl.Cl. The van der Waals surface area contributed by atoms with Gasteiger partial charge in [-0.3, -0.25) is 4.90 Å². The molecule has 36 heavy (non-hydrogen) atoms. The van der Waals surface area contributed by atoms with Gasteiger partial charge in [0.25, 0.3) is 0 Å². The Bertz CT molecular complexity index is 1120. The first kappa shape index (κ1) is 28.7. The van der Waals surface area contributed by atoms with Crippen LogP contribution >= 0.6 is 24.8 Å². The summed E-state index contributed by atoms with van der Waals surface area (Å²) < 4.78 is 11.5. The molecule has 0 spiro atoms. The van der Waals surface area contributed by atoms with Crippen LogP contribution in [0.2, 0.25) is 0 Å². The van der Waals surface area contributed by atoms with Gasteiger partial charge in [-0.25, -0.2) is 0 Å². The van der Waals surface area contributed by atoms with Gasteiger partial charge in [-0.1, -0.05) is 47.6 Å². The first-order valence-corrected chi connectivity index (χ1v) is 12.8. The van der Waals surface area contributed by atoms with Crippen LogP contribution in [0.4, 0.5) is 0 Å². The normalized spacial score (nSPS) is 17.0. The zero-order valence-corrected chi connectivity index (χ0v) is 23.1. The predicted molar refractivity (Wildman–Crippen MR) is 152 cm³/mol. The van der Waals surface area contributed by atoms with E-state index in [0.29, 0.717) is 6.61 Å². The fraction of sp³-hybridized carbons (Fsp3) is 0.483. The minimum absolute atomic E-state index is 0. The third-order valence-corrected chi connectivity index (χ3v) is 7.35. The molecule has 0 unspecified atom stereocenters. The fourth-order valence-corrected chi connectivity index (χ4v) is 5.45. The number of piperidine rings is 1. The number of hydrogen-bond donors (Lipinski definition) is 0. The minimum atomic E-state index is 0. The molecule has 1 saturated heterocycles. The topological polar surface area (TPSA) is 41.7 Å². The standard InChI is InChI=1S/C29H37N3O2.2ClH/c1-31(2)21-27-25(24-14-18-33-19-15-24)9-10-26-28(30-34-29(26)27)11-8-22-12-16-32(17-13-22)20-23-6-4-3-5-7-23;;/h3-7,9-10,14,22H,8,11-13,15-21H2,1-2H3;2*1H. The van der Waals surface area contributed by atoms with Crippen LogP contribution in [0.25, 0.3) is 16.5 Å². The van der Waals surface area contributed by atoms with Crippen molar-refractivity contribution in [1.82, 2.24) is 15.0 Å². The van der Waals surface area contributed by atoms with Crippen molar-refractivity contribution in [3.63, 3.8) is 0 Å². The van der Waals surface area contributed by atoms with Gasteiger partial charge in [0.05, 0.1) is 18.9 Å². The molecule has 196 valence electrons. The van der Waals surface area contributed by atoms with E-state index in [1.807, 2.05) is 0 Å². The minimum Gasteiger partial charge on any atom is -0.377 e. The molecule has 0 radical (unpaired) electrons. The highest BCUT2D eigenvalue weighted by Gasteiger charge is 2.22. The molecule has 7 heteroatoms. The molecular weight excluding hydrogens is 493 g/mol. The first-order valence-electron chi connectivity index (χ1n) is 12.8. The van der Waals surface area contributed by atoms with Gasteiger partial charge >= 0.3 is 0 Å². The second-order valence-electron chi connectivity index (χ2n) is 10.1. The summed E-state index contributed by atoms with van der Waals surface area (Å²) in [6.07, 6.45) is 7.90. The number of hydrogen-bond acceptors (Lipinski definition) is 5. The average molecular weight is 533 g/mol. The molecule has 5 rings (SSSR count). The summed E-state index contributed by atoms with van der Waals surface area (Å²) in [5.74, 6) is 0.770. The van der Waals surface area contributed by atoms with Crippen molar-refractivity contribution < 1.29 is 9.26 Å². The molecule has 5 nitrogen and oxygen atoms in total. The fourth-order valence-electron chi connectivity index (χ4n) is 5.45. The lowest BCUT2D eigenvalue weighted by atomic mass is 9.90. The summed E-state index contributed by atoms with van der Waals surface area (Å²) in [7, 11) is 4.23. The molecule has 2 aliphatic rings. The van der Waals surface area contributed by atoms with E-state index in [1.165, 1.54) is 60.0 Å². The van der Waals surface area contributed by atoms with E-state index >= 15 is 0 Å². The molecular formula is C29H39Cl2N3O2. The molecule has 0 saturated carbocycles. The van der Waals surface area contributed by atoms with Crippen LogP contribution in [0.3, 0.4) is 0 Å². The van der Waals surface area contributed by atoms with Gasteiger partial charge in [-0.05, 0) is 88.0 Å². The van der Waals surface area contributed by atoms with Crippen LogP contribution < -0.4 is 0 Å². The summed E-state index contributed by atoms with van der Waals surface area (Å²) in [6, 6.07) is 15.3. The van der Waals surface area contributed by atoms with Crippen LogP contribution in [-0.4, -0.2) is 55.4 Å². The third kappa shape index (κ3) is 6.90. The number of nitrogens with zero attached hydrogens (tertiary/aromatic N) is 3. The van der Waals surface area contributed by atoms with E-state index in [4.69, 9.17) is 9.26 Å². The van der Waals surface area contributed by atoms with E-state index < -0.39 is 0 Å². The maximum atomic E-state index is 5.99. The van der Waals surface area contributed by atoms with Crippen molar-refractivity contribution in [3.8, 4) is 0 Å². The lowest BCUT2D eigenvalue weighted by molar-refractivity contribution is 0.161. The Morgan fingerprint density at radius 3 is 2.50 bits per heavy atom. The van der Waals surface area contributed by atoms with Crippen LogP contribution in [0.15, 0.2) is 53.1 Å². The van der Waals surface area contributed by atoms with Crippen LogP contribution in [0.5, 0.6) is 0 Å². The molecule has 1 aromatic heterocycles. The zero-order valence-electron chi connectivity index (χ0n) is 21.4. The lowest BCUT2D eigenvalue weighted by Crippen LogP contribution is -2.33. The average Bonchev–Trinajstić information content (AvgIpc) is 3.28. The molecule has 0 bridgehead atoms. The van der Waals surface area contributed by atoms with Crippen molar-refractivity contribution in [2.45, 2.75) is 45.2 Å². The van der Waals surface area contributed by atoms with E-state index in [-0.39, 0.29) is 24.8 Å². The van der Waals surface area contributed by atoms with E-state index in [0.717, 1.165) is 49.7 Å². The Labute approximate surface area is 227 Å². The van der Waals surface area contributed by atoms with Crippen LogP contribution in [0.1, 0.15) is 48.1 Å². The van der Waals surface area contributed by atoms with Gasteiger partial charge in [0, 0.05) is 24.0 Å². The third-order valence-electron chi connectivity index (χ3n) is 7.35. The van der Waals surface area contributed by atoms with Crippen molar-refractivity contribution in [1.29, 1.82) is 0 Å². The maximum absolute atomic E-state index is 5.99. The maximum Gasteiger partial charge on any atom is 0.172 e. The molecule has 1 fully saturated rings. The van der Waals surface area contributed by atoms with Crippen molar-refractivity contribution in [2.75, 3.05) is 40.4 Å². The Hall–Kier alpha value is -1.89. The monoisotopic (exact) mass is 531 g/mol. The Morgan fingerprint density at radius 1 is 1.03 bits per heavy atom. The van der Waals surface area contributed by atoms with Gasteiger partial charge in [-0.2, -0.15) is 0 Å². The summed E-state index contributed by atoms with van der Waals surface area (Å²) in [6.45, 7) is 5.78. The van der Waals surface area contributed by atoms with Crippen LogP contribution in [0, 0.1) is 5.92 Å². The smallest absolute Gasteiger partial charge is 0.172 e. The largest absolute Gasteiger partial charge is 0.377 e. The van der Waals surface area contributed by atoms with E-state index in [1.54, 1.807) is 0 Å². The van der Waals surface area contributed by atoms with Gasteiger partial charge in [0.2, 0.25) is 0 Å². The molecule has 3 aromatic rings. The van der Waals surface area contributed by atoms with Gasteiger partial charge in [0.1, 0.15) is 0 Å². The van der Waals surface area contributed by atoms with Gasteiger partial charge < -0.3 is 14.2 Å². The summed E-state index contributed by atoms with van der Waals surface area (Å²) in [4.78, 5) is 4.81. The molecule has 0 N–H and O–H groups in total. The molecule has 0 amide bonds. The quantitative estimate of drug-likeness (QED) is 0.337. The summed E-state index contributed by atoms with van der Waals surface area (Å²) >= 11 is 0. The Morgan fingerprint density at radius 2 is 1.81 bits per heavy atom. The van der Waals surface area contributed by atoms with E-state index in [2.05, 4.69) is 77.6 Å². The first-order chi connectivity index (χ1) is 16.7. The highest BCUT2D eigenvalue weighted by Crippen LogP contribution is 2.33. The highest BCUT2D eigenvalue weighted by atomic mass is 35.5. The number of benzene rings is 2. The van der Waals surface area contributed by atoms with Crippen molar-refractivity contribution in [2.24, 2.45) is 5.92 Å². The van der Waals surface area contributed by atoms with Gasteiger partial charge in [-0.15, -0.1) is 24.8 Å². The number of aromatic nitrogens is 1. The zero-order chi connectivity index (χ0) is 23.3. The number of fused-ring (bicyclic) bond motifs is 1. The number of rotatable bonds is 8. The number of aryl methyl sites for hydroxylation is 1. The highest BCUT2D eigenvalue weighted by molar-refractivity contribution is 5.88. The van der Waals surface area contributed by atoms with Crippen LogP contribution in [-0.2, 0) is 24.2 Å². The predicted octanol–water partition coefficient (Wildman–Crippen LogP) is 6.38. The number of halogens is 2. The van der Waals surface area contributed by atoms with Crippen molar-refractivity contribution >= 4 is 41.4 Å². The Balaban J connectivity index is 0.00000180. The Kier molecular flexibility index (Phi) is 10.8. The number of ether oxygens (including phenoxy) is 1. The number of likely N-dealkylation sites (tertiary alicyclic amines) is 1. The van der Waals surface area contributed by atoms with E-state index in [9.17, 15) is 0 Å². The summed E-state index contributed by atoms with van der Waals surface area (Å²) in [5.41, 5.74) is 7.41. The second-order valence-corrected chi connectivity index (χ2v) is 10.1. The van der Waals surface area contributed by atoms with Crippen molar-refractivity contribution in [3.05, 3.63) is 70.9 Å². The second kappa shape index (κ2) is 13.6. The summed E-state index contributed by atoms with van der Waals surface area (Å²) in [5, 5.41) is 5.75. The molecule has 2 aliphatic heterocycles. The molecule has 3 heterocycles. The van der Waals surface area contributed by atoms with Gasteiger partial charge in [0.15, 0.2) is 5.58 Å². The molecule has 0 aliphatic carbocycles.